The number of hydrogen-bond acceptors (Lipinski definition) is 5. The Bertz CT molecular complexity index is 642. The van der Waals surface area contributed by atoms with Crippen molar-refractivity contribution in [1.82, 2.24) is 0 Å². The second-order valence-corrected chi connectivity index (χ2v) is 5.32. The number of benzene rings is 2. The number of methoxy groups -OCH3 is 1. The Morgan fingerprint density at radius 1 is 1.05 bits per heavy atom. The third kappa shape index (κ3) is 4.95. The van der Waals surface area contributed by atoms with Crippen LogP contribution in [0.15, 0.2) is 54.6 Å². The van der Waals surface area contributed by atoms with Crippen LogP contribution in [-0.4, -0.2) is 13.1 Å². The molecule has 0 aliphatic rings. The number of ether oxygens (including phenoxy) is 1. The molecule has 1 atom stereocenters. The molecule has 0 bridgehead atoms. The minimum atomic E-state index is -2.33. The van der Waals surface area contributed by atoms with Gasteiger partial charge in [0.25, 0.3) is 0 Å². The molecule has 0 radical (unpaired) electrons. The van der Waals surface area contributed by atoms with Crippen molar-refractivity contribution in [2.45, 2.75) is 13.0 Å². The highest BCUT2D eigenvalue weighted by atomic mass is 31.1. The van der Waals surface area contributed by atoms with Gasteiger partial charge < -0.3 is 4.74 Å². The van der Waals surface area contributed by atoms with E-state index in [1.165, 1.54) is 7.11 Å². The van der Waals surface area contributed by atoms with Crippen molar-refractivity contribution in [2.75, 3.05) is 7.11 Å². The van der Waals surface area contributed by atoms with E-state index in [0.29, 0.717) is 11.3 Å². The number of para-hydroxylation sites is 1. The molecule has 0 saturated carbocycles. The van der Waals surface area contributed by atoms with Crippen molar-refractivity contribution in [1.29, 1.82) is 0 Å². The maximum atomic E-state index is 11.9. The highest BCUT2D eigenvalue weighted by molar-refractivity contribution is 7.33. The van der Waals surface area contributed by atoms with Crippen LogP contribution in [0, 0.1) is 0 Å². The third-order valence-electron chi connectivity index (χ3n) is 2.89. The van der Waals surface area contributed by atoms with Gasteiger partial charge in [0, 0.05) is 10.1 Å². The van der Waals surface area contributed by atoms with E-state index in [0.717, 1.165) is 5.56 Å². The third-order valence-corrected chi connectivity index (χ3v) is 3.57. The van der Waals surface area contributed by atoms with E-state index in [9.17, 15) is 9.36 Å². The van der Waals surface area contributed by atoms with E-state index in [2.05, 4.69) is 4.74 Å². The molecule has 0 saturated heterocycles. The number of carbonyl (C=O) groups excluding carboxylic acids is 1. The van der Waals surface area contributed by atoms with Crippen LogP contribution in [0.2, 0.25) is 0 Å². The first kappa shape index (κ1) is 16.1. The average molecular weight is 319 g/mol. The minimum Gasteiger partial charge on any atom is -0.469 e. The zero-order chi connectivity index (χ0) is 15.8. The van der Waals surface area contributed by atoms with Crippen LogP contribution in [0.4, 0.5) is 0 Å². The van der Waals surface area contributed by atoms with E-state index >= 15 is 0 Å². The smallest absolute Gasteiger partial charge is 0.469 e. The molecule has 5 nitrogen and oxygen atoms in total. The van der Waals surface area contributed by atoms with E-state index in [1.54, 1.807) is 24.3 Å². The van der Waals surface area contributed by atoms with Crippen molar-refractivity contribution < 1.29 is 23.1 Å². The molecule has 22 heavy (non-hydrogen) atoms. The molecule has 2 aromatic carbocycles. The Morgan fingerprint density at radius 3 is 2.45 bits per heavy atom. The van der Waals surface area contributed by atoms with Crippen molar-refractivity contribution in [3.63, 3.8) is 0 Å². The Morgan fingerprint density at radius 2 is 1.73 bits per heavy atom. The lowest BCUT2D eigenvalue weighted by Gasteiger charge is -2.02. The Hall–Kier alpha value is -2.23. The summed E-state index contributed by atoms with van der Waals surface area (Å²) in [7, 11) is -1.01. The predicted octanol–water partition coefficient (Wildman–Crippen LogP) is 3.66. The molecule has 2 rings (SSSR count). The summed E-state index contributed by atoms with van der Waals surface area (Å²) in [4.78, 5) is 11.3. The fraction of sp³-hybridized carbons (Fsp3) is 0.188. The first-order valence-electron chi connectivity index (χ1n) is 6.66. The van der Waals surface area contributed by atoms with Crippen LogP contribution in [0.1, 0.15) is 11.1 Å². The highest BCUT2D eigenvalue weighted by Crippen LogP contribution is 2.31. The lowest BCUT2D eigenvalue weighted by Crippen LogP contribution is -2.05. The fourth-order valence-electron chi connectivity index (χ4n) is 1.77. The first-order valence-corrected chi connectivity index (χ1v) is 7.75. The van der Waals surface area contributed by atoms with Gasteiger partial charge in [0.05, 0.1) is 13.5 Å². The number of esters is 1. The Labute approximate surface area is 129 Å². The zero-order valence-corrected chi connectivity index (χ0v) is 13.0. The summed E-state index contributed by atoms with van der Waals surface area (Å²) < 4.78 is 27.0. The number of carbonyl (C=O) groups is 1. The maximum absolute atomic E-state index is 11.9. The van der Waals surface area contributed by atoms with Gasteiger partial charge in [-0.05, 0) is 11.6 Å². The average Bonchev–Trinajstić information content (AvgIpc) is 2.55. The van der Waals surface area contributed by atoms with Gasteiger partial charge in [0.15, 0.2) is 5.75 Å². The van der Waals surface area contributed by atoms with Crippen molar-refractivity contribution in [3.8, 4) is 5.75 Å². The van der Waals surface area contributed by atoms with E-state index in [4.69, 9.17) is 9.05 Å². The van der Waals surface area contributed by atoms with E-state index in [1.807, 2.05) is 30.3 Å². The molecule has 6 heteroatoms. The molecule has 0 aromatic heterocycles. The largest absolute Gasteiger partial charge is 0.750 e. The summed E-state index contributed by atoms with van der Waals surface area (Å²) in [6.07, 6.45) is 0.0501. The normalized spacial score (nSPS) is 10.9. The van der Waals surface area contributed by atoms with Crippen molar-refractivity contribution in [3.05, 3.63) is 65.7 Å². The van der Waals surface area contributed by atoms with Gasteiger partial charge in [-0.25, -0.2) is 4.52 Å². The molecule has 0 heterocycles. The van der Waals surface area contributed by atoms with Crippen LogP contribution < -0.4 is 4.52 Å². The van der Waals surface area contributed by atoms with E-state index in [-0.39, 0.29) is 13.0 Å². The first-order chi connectivity index (χ1) is 10.7. The summed E-state index contributed by atoms with van der Waals surface area (Å²) in [6, 6.07) is 16.2. The highest BCUT2D eigenvalue weighted by Gasteiger charge is 2.24. The summed E-state index contributed by atoms with van der Waals surface area (Å²) in [6.45, 7) is 0.190. The molecule has 0 aliphatic heterocycles. The van der Waals surface area contributed by atoms with Crippen LogP contribution in [0.5, 0.6) is 5.75 Å². The Kier molecular flexibility index (Phi) is 6.07. The molecule has 2 aromatic rings. The summed E-state index contributed by atoms with van der Waals surface area (Å²) in [5, 5.41) is 0. The summed E-state index contributed by atoms with van der Waals surface area (Å²) >= 11 is 0. The fourth-order valence-corrected chi connectivity index (χ4v) is 2.42. The molecular weight excluding hydrogens is 303 g/mol. The number of rotatable bonds is 7. The van der Waals surface area contributed by atoms with Gasteiger partial charge >= 0.3 is 14.2 Å². The van der Waals surface area contributed by atoms with Gasteiger partial charge in [-0.1, -0.05) is 48.5 Å². The van der Waals surface area contributed by atoms with Gasteiger partial charge in [-0.2, -0.15) is 0 Å². The second-order valence-electron chi connectivity index (χ2n) is 4.43. The summed E-state index contributed by atoms with van der Waals surface area (Å²) in [5.41, 5.74) is 1.50. The predicted molar refractivity (Wildman–Crippen MR) is 81.6 cm³/mol. The number of hydrogen-bond donors (Lipinski definition) is 0. The minimum absolute atomic E-state index is 0.0501. The molecular formula is C16H16O5P+. The molecule has 0 spiro atoms. The quantitative estimate of drug-likeness (QED) is 0.576. The topological polar surface area (TPSA) is 61.8 Å². The maximum Gasteiger partial charge on any atom is 0.750 e. The van der Waals surface area contributed by atoms with E-state index < -0.39 is 14.2 Å². The van der Waals surface area contributed by atoms with Crippen LogP contribution >= 0.6 is 8.25 Å². The molecule has 0 fully saturated rings. The molecule has 0 aliphatic carbocycles. The van der Waals surface area contributed by atoms with Crippen LogP contribution in [0.3, 0.4) is 0 Å². The van der Waals surface area contributed by atoms with Gasteiger partial charge in [0.2, 0.25) is 0 Å². The second kappa shape index (κ2) is 8.27. The zero-order valence-electron chi connectivity index (χ0n) is 12.1. The van der Waals surface area contributed by atoms with Crippen LogP contribution in [-0.2, 0) is 31.6 Å². The Balaban J connectivity index is 1.95. The van der Waals surface area contributed by atoms with Gasteiger partial charge in [-0.3, -0.25) is 4.79 Å². The molecule has 0 N–H and O–H groups in total. The standard InChI is InChI=1S/C16H16O5P/c1-19-16(17)11-14-9-5-6-10-15(14)21-22(18)20-12-13-7-3-2-4-8-13/h2-10H,11-12H2,1H3/q+1. The van der Waals surface area contributed by atoms with Crippen LogP contribution in [0.25, 0.3) is 0 Å². The summed E-state index contributed by atoms with van der Waals surface area (Å²) in [5.74, 6) is -0.0430. The van der Waals surface area contributed by atoms with Gasteiger partial charge in [0.1, 0.15) is 6.61 Å². The lowest BCUT2D eigenvalue weighted by atomic mass is 10.1. The van der Waals surface area contributed by atoms with Gasteiger partial charge in [-0.15, -0.1) is 4.52 Å². The molecule has 0 amide bonds. The molecule has 114 valence electrons. The molecule has 1 unspecified atom stereocenters. The van der Waals surface area contributed by atoms with Crippen molar-refractivity contribution >= 4 is 14.2 Å². The van der Waals surface area contributed by atoms with Crippen molar-refractivity contribution in [2.24, 2.45) is 0 Å². The lowest BCUT2D eigenvalue weighted by molar-refractivity contribution is -0.139. The SMILES string of the molecule is COC(=O)Cc1ccccc1O[P+](=O)OCc1ccccc1. The monoisotopic (exact) mass is 319 g/mol.